The molecule has 0 aliphatic heterocycles. The van der Waals surface area contributed by atoms with Gasteiger partial charge in [0.1, 0.15) is 11.9 Å². The molecule has 1 aliphatic carbocycles. The minimum absolute atomic E-state index is 0.0299. The second kappa shape index (κ2) is 6.48. The van der Waals surface area contributed by atoms with Crippen LogP contribution in [0.25, 0.3) is 0 Å². The third kappa shape index (κ3) is 2.85. The average Bonchev–Trinajstić information content (AvgIpc) is 3.10. The van der Waals surface area contributed by atoms with Gasteiger partial charge in [-0.05, 0) is 47.7 Å². The molecule has 116 valence electrons. The highest BCUT2D eigenvalue weighted by Crippen LogP contribution is 2.35. The van der Waals surface area contributed by atoms with Gasteiger partial charge in [0.2, 0.25) is 0 Å². The molecule has 1 aromatic heterocycles. The zero-order valence-electron chi connectivity index (χ0n) is 12.5. The van der Waals surface area contributed by atoms with Gasteiger partial charge >= 0.3 is 0 Å². The van der Waals surface area contributed by atoms with Crippen molar-refractivity contribution in [2.45, 2.75) is 42.5 Å². The minimum Gasteiger partial charge on any atom is -0.324 e. The predicted molar refractivity (Wildman–Crippen MR) is 85.7 cm³/mol. The molecule has 7 heteroatoms. The third-order valence-corrected chi connectivity index (χ3v) is 4.94. The Morgan fingerprint density at radius 2 is 2.14 bits per heavy atom. The van der Waals surface area contributed by atoms with Crippen LogP contribution in [0.3, 0.4) is 0 Å². The van der Waals surface area contributed by atoms with Crippen LogP contribution in [0.4, 0.5) is 5.69 Å². The lowest BCUT2D eigenvalue weighted by Crippen LogP contribution is -2.47. The molecule has 0 unspecified atom stereocenters. The first-order chi connectivity index (χ1) is 10.7. The maximum absolute atomic E-state index is 13.0. The van der Waals surface area contributed by atoms with Crippen LogP contribution in [0.2, 0.25) is 0 Å². The van der Waals surface area contributed by atoms with Crippen molar-refractivity contribution in [2.75, 3.05) is 11.6 Å². The Morgan fingerprint density at radius 3 is 2.82 bits per heavy atom. The number of nitrogens with one attached hydrogen (secondary N) is 1. The lowest BCUT2D eigenvalue weighted by molar-refractivity contribution is -0.126. The van der Waals surface area contributed by atoms with E-state index in [1.165, 1.54) is 0 Å². The van der Waals surface area contributed by atoms with Gasteiger partial charge in [0.15, 0.2) is 0 Å². The number of aromatic nitrogens is 4. The Hall–Kier alpha value is -1.89. The lowest BCUT2D eigenvalue weighted by Gasteiger charge is -2.35. The van der Waals surface area contributed by atoms with Crippen LogP contribution in [0, 0.1) is 0 Å². The van der Waals surface area contributed by atoms with Crippen molar-refractivity contribution in [2.24, 2.45) is 0 Å². The Kier molecular flexibility index (Phi) is 4.42. The van der Waals surface area contributed by atoms with Crippen LogP contribution in [0.15, 0.2) is 35.5 Å². The van der Waals surface area contributed by atoms with Gasteiger partial charge < -0.3 is 5.32 Å². The quantitative estimate of drug-likeness (QED) is 0.878. The molecule has 1 amide bonds. The summed E-state index contributed by atoms with van der Waals surface area (Å²) in [6, 6.07) is 7.87. The predicted octanol–water partition coefficient (Wildman–Crippen LogP) is 2.69. The molecular weight excluding hydrogens is 298 g/mol. The van der Waals surface area contributed by atoms with E-state index in [-0.39, 0.29) is 5.91 Å². The van der Waals surface area contributed by atoms with Crippen LogP contribution in [-0.4, -0.2) is 32.4 Å². The van der Waals surface area contributed by atoms with Crippen LogP contribution in [0.1, 0.15) is 32.1 Å². The Balaban J connectivity index is 1.86. The van der Waals surface area contributed by atoms with Crippen molar-refractivity contribution in [3.63, 3.8) is 0 Å². The fraction of sp³-hybridized carbons (Fsp3) is 0.467. The summed E-state index contributed by atoms with van der Waals surface area (Å²) in [6.07, 6.45) is 8.28. The van der Waals surface area contributed by atoms with E-state index >= 15 is 0 Å². The first kappa shape index (κ1) is 15.0. The molecule has 1 saturated carbocycles. The molecule has 0 saturated heterocycles. The molecule has 0 radical (unpaired) electrons. The van der Waals surface area contributed by atoms with E-state index in [9.17, 15) is 4.79 Å². The number of hydrogen-bond acceptors (Lipinski definition) is 5. The summed E-state index contributed by atoms with van der Waals surface area (Å²) in [5.74, 6) is -0.0299. The minimum atomic E-state index is -0.670. The lowest BCUT2D eigenvalue weighted by atomic mass is 9.81. The van der Waals surface area contributed by atoms with Crippen molar-refractivity contribution in [3.05, 3.63) is 30.6 Å². The molecular formula is C15H19N5OS. The maximum Gasteiger partial charge on any atom is 0.252 e. The van der Waals surface area contributed by atoms with E-state index in [1.807, 2.05) is 30.5 Å². The SMILES string of the molecule is CSc1cccc(NC(=O)C2(n3cnnn3)CCCCC2)c1. The maximum atomic E-state index is 13.0. The summed E-state index contributed by atoms with van der Waals surface area (Å²) < 4.78 is 1.62. The molecule has 0 atom stereocenters. The topological polar surface area (TPSA) is 72.7 Å². The number of tetrazole rings is 1. The van der Waals surface area contributed by atoms with Crippen LogP contribution >= 0.6 is 11.8 Å². The van der Waals surface area contributed by atoms with Gasteiger partial charge in [-0.15, -0.1) is 16.9 Å². The largest absolute Gasteiger partial charge is 0.324 e. The molecule has 0 spiro atoms. The zero-order chi connectivity index (χ0) is 15.4. The molecule has 1 heterocycles. The molecule has 1 fully saturated rings. The molecule has 0 bridgehead atoms. The van der Waals surface area contributed by atoms with E-state index < -0.39 is 5.54 Å². The van der Waals surface area contributed by atoms with Gasteiger partial charge in [-0.3, -0.25) is 4.79 Å². The number of thioether (sulfide) groups is 1. The number of amides is 1. The van der Waals surface area contributed by atoms with Crippen LogP contribution in [-0.2, 0) is 10.3 Å². The van der Waals surface area contributed by atoms with E-state index in [4.69, 9.17) is 0 Å². The summed E-state index contributed by atoms with van der Waals surface area (Å²) in [7, 11) is 0. The second-order valence-corrected chi connectivity index (χ2v) is 6.41. The summed E-state index contributed by atoms with van der Waals surface area (Å²) >= 11 is 1.65. The van der Waals surface area contributed by atoms with Gasteiger partial charge in [-0.25, -0.2) is 4.68 Å². The highest BCUT2D eigenvalue weighted by atomic mass is 32.2. The van der Waals surface area contributed by atoms with Crippen molar-refractivity contribution in [1.29, 1.82) is 0 Å². The van der Waals surface area contributed by atoms with Crippen molar-refractivity contribution < 1.29 is 4.79 Å². The van der Waals surface area contributed by atoms with Crippen molar-refractivity contribution >= 4 is 23.4 Å². The molecule has 2 aromatic rings. The fourth-order valence-corrected chi connectivity index (χ4v) is 3.46. The van der Waals surface area contributed by atoms with E-state index in [2.05, 4.69) is 20.8 Å². The smallest absolute Gasteiger partial charge is 0.252 e. The summed E-state index contributed by atoms with van der Waals surface area (Å²) in [6.45, 7) is 0. The van der Waals surface area contributed by atoms with Crippen LogP contribution in [0.5, 0.6) is 0 Å². The van der Waals surface area contributed by atoms with Crippen molar-refractivity contribution in [1.82, 2.24) is 20.2 Å². The summed E-state index contributed by atoms with van der Waals surface area (Å²) in [5.41, 5.74) is 0.145. The highest BCUT2D eigenvalue weighted by Gasteiger charge is 2.42. The van der Waals surface area contributed by atoms with Gasteiger partial charge in [-0.1, -0.05) is 25.3 Å². The monoisotopic (exact) mass is 317 g/mol. The number of benzene rings is 1. The van der Waals surface area contributed by atoms with E-state index in [1.54, 1.807) is 22.8 Å². The standard InChI is InChI=1S/C15H19N5OS/c1-22-13-7-5-6-12(10-13)17-14(21)15(8-3-2-4-9-15)20-11-16-18-19-20/h5-7,10-11H,2-4,8-9H2,1H3,(H,17,21). The summed E-state index contributed by atoms with van der Waals surface area (Å²) in [5, 5.41) is 14.5. The Bertz CT molecular complexity index is 637. The first-order valence-electron chi connectivity index (χ1n) is 7.43. The summed E-state index contributed by atoms with van der Waals surface area (Å²) in [4.78, 5) is 14.1. The molecule has 1 aliphatic rings. The van der Waals surface area contributed by atoms with Crippen LogP contribution < -0.4 is 5.32 Å². The van der Waals surface area contributed by atoms with Crippen molar-refractivity contribution in [3.8, 4) is 0 Å². The number of anilines is 1. The molecule has 1 N–H and O–H groups in total. The average molecular weight is 317 g/mol. The number of nitrogens with zero attached hydrogens (tertiary/aromatic N) is 4. The van der Waals surface area contributed by atoms with Gasteiger partial charge in [-0.2, -0.15) is 0 Å². The Morgan fingerprint density at radius 1 is 1.32 bits per heavy atom. The number of carbonyl (C=O) groups excluding carboxylic acids is 1. The number of hydrogen-bond donors (Lipinski definition) is 1. The van der Waals surface area contributed by atoms with E-state index in [0.29, 0.717) is 0 Å². The number of rotatable bonds is 4. The molecule has 1 aromatic carbocycles. The third-order valence-electron chi connectivity index (χ3n) is 4.22. The van der Waals surface area contributed by atoms with Gasteiger partial charge in [0.05, 0.1) is 0 Å². The molecule has 22 heavy (non-hydrogen) atoms. The molecule has 3 rings (SSSR count). The normalized spacial score (nSPS) is 17.1. The van der Waals surface area contributed by atoms with E-state index in [0.717, 1.165) is 42.7 Å². The first-order valence-corrected chi connectivity index (χ1v) is 8.66. The Labute approximate surface area is 133 Å². The number of carbonyl (C=O) groups is 1. The van der Waals surface area contributed by atoms with Gasteiger partial charge in [0.25, 0.3) is 5.91 Å². The zero-order valence-corrected chi connectivity index (χ0v) is 13.3. The van der Waals surface area contributed by atoms with Gasteiger partial charge in [0, 0.05) is 10.6 Å². The fourth-order valence-electron chi connectivity index (χ4n) is 3.00. The second-order valence-electron chi connectivity index (χ2n) is 5.53. The molecule has 6 nitrogen and oxygen atoms in total. The highest BCUT2D eigenvalue weighted by molar-refractivity contribution is 7.98.